The van der Waals surface area contributed by atoms with Crippen LogP contribution < -0.4 is 0 Å². The normalized spacial score (nSPS) is 11.0. The lowest BCUT2D eigenvalue weighted by Gasteiger charge is -2.02. The molecule has 96 valence electrons. The fraction of sp³-hybridized carbons (Fsp3) is 0.308. The highest BCUT2D eigenvalue weighted by Crippen LogP contribution is 2.35. The zero-order valence-corrected chi connectivity index (χ0v) is 11.5. The molecule has 0 radical (unpaired) electrons. The predicted octanol–water partition coefficient (Wildman–Crippen LogP) is 4.38. The van der Waals surface area contributed by atoms with Crippen LogP contribution in [0.15, 0.2) is 18.2 Å². The minimum Gasteiger partial charge on any atom is -0.477 e. The Morgan fingerprint density at radius 2 is 2.28 bits per heavy atom. The Balaban J connectivity index is 2.51. The summed E-state index contributed by atoms with van der Waals surface area (Å²) < 4.78 is 14.5. The first-order chi connectivity index (χ1) is 8.65. The van der Waals surface area contributed by atoms with Crippen LogP contribution in [0.4, 0.5) is 4.39 Å². The molecule has 1 aromatic carbocycles. The number of benzene rings is 1. The average Bonchev–Trinajstić information content (AvgIpc) is 2.70. The molecule has 0 bridgehead atoms. The average molecular weight is 284 g/mol. The fourth-order valence-corrected chi connectivity index (χ4v) is 3.89. The first-order valence-corrected chi connectivity index (χ1v) is 7.63. The molecule has 0 aliphatic rings. The second-order valence-electron chi connectivity index (χ2n) is 3.88. The molecular formula is C13H13FO2S2. The van der Waals surface area contributed by atoms with Crippen molar-refractivity contribution < 1.29 is 14.3 Å². The smallest absolute Gasteiger partial charge is 0.346 e. The number of carboxylic acid groups (broad SMARTS) is 1. The quantitative estimate of drug-likeness (QED) is 0.828. The van der Waals surface area contributed by atoms with E-state index in [4.69, 9.17) is 0 Å². The van der Waals surface area contributed by atoms with E-state index in [1.54, 1.807) is 23.9 Å². The molecule has 0 atom stereocenters. The maximum absolute atomic E-state index is 13.8. The van der Waals surface area contributed by atoms with E-state index < -0.39 is 5.97 Å². The number of halogens is 1. The van der Waals surface area contributed by atoms with Crippen molar-refractivity contribution in [3.05, 3.63) is 34.5 Å². The van der Waals surface area contributed by atoms with Crippen LogP contribution in [-0.2, 0) is 5.75 Å². The van der Waals surface area contributed by atoms with E-state index in [0.29, 0.717) is 21.4 Å². The first kappa shape index (κ1) is 13.4. The molecule has 18 heavy (non-hydrogen) atoms. The summed E-state index contributed by atoms with van der Waals surface area (Å²) in [4.78, 5) is 11.5. The van der Waals surface area contributed by atoms with Crippen molar-refractivity contribution in [2.24, 2.45) is 0 Å². The van der Waals surface area contributed by atoms with E-state index in [-0.39, 0.29) is 10.7 Å². The Morgan fingerprint density at radius 1 is 1.50 bits per heavy atom. The van der Waals surface area contributed by atoms with Gasteiger partial charge in [-0.2, -0.15) is 11.8 Å². The Kier molecular flexibility index (Phi) is 4.24. The van der Waals surface area contributed by atoms with Gasteiger partial charge in [0.1, 0.15) is 10.7 Å². The van der Waals surface area contributed by atoms with Crippen molar-refractivity contribution in [1.29, 1.82) is 0 Å². The number of thiophene rings is 1. The molecule has 0 saturated carbocycles. The highest BCUT2D eigenvalue weighted by atomic mass is 32.2. The van der Waals surface area contributed by atoms with Gasteiger partial charge in [0.05, 0.1) is 0 Å². The van der Waals surface area contributed by atoms with Gasteiger partial charge in [-0.15, -0.1) is 11.3 Å². The Labute approximate surface area is 113 Å². The molecule has 1 aromatic heterocycles. The summed E-state index contributed by atoms with van der Waals surface area (Å²) in [5.74, 6) is 0.201. The third-order valence-corrected chi connectivity index (χ3v) is 4.93. The van der Waals surface area contributed by atoms with Crippen molar-refractivity contribution in [2.75, 3.05) is 5.75 Å². The van der Waals surface area contributed by atoms with Gasteiger partial charge in [0.15, 0.2) is 0 Å². The Hall–Kier alpha value is -1.07. The maximum atomic E-state index is 13.8. The lowest BCUT2D eigenvalue weighted by atomic mass is 10.1. The summed E-state index contributed by atoms with van der Waals surface area (Å²) in [6.45, 7) is 2.07. The largest absolute Gasteiger partial charge is 0.477 e. The SMILES string of the molecule is CCCSCc1c(C(=O)O)sc2cccc(F)c12. The number of rotatable bonds is 5. The lowest BCUT2D eigenvalue weighted by Crippen LogP contribution is -1.97. The van der Waals surface area contributed by atoms with Crippen molar-refractivity contribution in [1.82, 2.24) is 0 Å². The zero-order valence-electron chi connectivity index (χ0n) is 9.90. The van der Waals surface area contributed by atoms with Gasteiger partial charge >= 0.3 is 5.97 Å². The van der Waals surface area contributed by atoms with Crippen LogP contribution in [0.1, 0.15) is 28.6 Å². The first-order valence-electron chi connectivity index (χ1n) is 5.66. The van der Waals surface area contributed by atoms with Crippen molar-refractivity contribution in [3.63, 3.8) is 0 Å². The fourth-order valence-electron chi connectivity index (χ4n) is 1.80. The molecule has 2 rings (SSSR count). The third kappa shape index (κ3) is 2.52. The summed E-state index contributed by atoms with van der Waals surface area (Å²) >= 11 is 2.79. The Bertz CT molecular complexity index is 578. The molecule has 0 aliphatic carbocycles. The number of fused-ring (bicyclic) bond motifs is 1. The van der Waals surface area contributed by atoms with Crippen LogP contribution >= 0.6 is 23.1 Å². The standard InChI is InChI=1S/C13H13FO2S2/c1-2-6-17-7-8-11-9(14)4-3-5-10(11)18-12(8)13(15)16/h3-5H,2,6-7H2,1H3,(H,15,16). The molecule has 0 unspecified atom stereocenters. The zero-order chi connectivity index (χ0) is 13.1. The summed E-state index contributed by atoms with van der Waals surface area (Å²) in [6, 6.07) is 4.76. The number of carbonyl (C=O) groups is 1. The highest BCUT2D eigenvalue weighted by molar-refractivity contribution is 7.98. The van der Waals surface area contributed by atoms with Gasteiger partial charge in [-0.05, 0) is 29.9 Å². The molecule has 0 spiro atoms. The minimum absolute atomic E-state index is 0.263. The molecule has 0 amide bonds. The number of aromatic carboxylic acids is 1. The van der Waals surface area contributed by atoms with Crippen molar-refractivity contribution >= 4 is 39.2 Å². The van der Waals surface area contributed by atoms with Gasteiger partial charge in [0, 0.05) is 15.8 Å². The number of carboxylic acids is 1. The number of thioether (sulfide) groups is 1. The molecule has 1 N–H and O–H groups in total. The molecule has 0 fully saturated rings. The molecular weight excluding hydrogens is 271 g/mol. The van der Waals surface area contributed by atoms with E-state index in [2.05, 4.69) is 6.92 Å². The van der Waals surface area contributed by atoms with E-state index in [1.807, 2.05) is 0 Å². The maximum Gasteiger partial charge on any atom is 0.346 e. The van der Waals surface area contributed by atoms with E-state index in [0.717, 1.165) is 23.5 Å². The monoisotopic (exact) mass is 284 g/mol. The second-order valence-corrected chi connectivity index (χ2v) is 6.04. The lowest BCUT2D eigenvalue weighted by molar-refractivity contribution is 0.0701. The molecule has 0 saturated heterocycles. The van der Waals surface area contributed by atoms with Gasteiger partial charge in [0.2, 0.25) is 0 Å². The van der Waals surface area contributed by atoms with Crippen molar-refractivity contribution in [3.8, 4) is 0 Å². The number of hydrogen-bond donors (Lipinski definition) is 1. The highest BCUT2D eigenvalue weighted by Gasteiger charge is 2.19. The van der Waals surface area contributed by atoms with Gasteiger partial charge in [-0.1, -0.05) is 13.0 Å². The van der Waals surface area contributed by atoms with Crippen LogP contribution in [0.2, 0.25) is 0 Å². The summed E-state index contributed by atoms with van der Waals surface area (Å²) in [5.41, 5.74) is 0.624. The van der Waals surface area contributed by atoms with E-state index in [1.165, 1.54) is 6.07 Å². The van der Waals surface area contributed by atoms with Crippen LogP contribution in [0.5, 0.6) is 0 Å². The summed E-state index contributed by atoms with van der Waals surface area (Å²) in [7, 11) is 0. The third-order valence-electron chi connectivity index (χ3n) is 2.55. The number of hydrogen-bond acceptors (Lipinski definition) is 3. The summed E-state index contributed by atoms with van der Waals surface area (Å²) in [5, 5.41) is 9.67. The van der Waals surface area contributed by atoms with Crippen molar-refractivity contribution in [2.45, 2.75) is 19.1 Å². The second kappa shape index (κ2) is 5.71. The topological polar surface area (TPSA) is 37.3 Å². The van der Waals surface area contributed by atoms with E-state index >= 15 is 0 Å². The molecule has 0 aliphatic heterocycles. The van der Waals surface area contributed by atoms with Gasteiger partial charge in [-0.3, -0.25) is 0 Å². The van der Waals surface area contributed by atoms with Gasteiger partial charge in [-0.25, -0.2) is 9.18 Å². The van der Waals surface area contributed by atoms with Crippen LogP contribution in [0.25, 0.3) is 10.1 Å². The summed E-state index contributed by atoms with van der Waals surface area (Å²) in [6.07, 6.45) is 1.03. The van der Waals surface area contributed by atoms with Crippen LogP contribution in [0, 0.1) is 5.82 Å². The van der Waals surface area contributed by atoms with Gasteiger partial charge < -0.3 is 5.11 Å². The van der Waals surface area contributed by atoms with E-state index in [9.17, 15) is 14.3 Å². The van der Waals surface area contributed by atoms with Crippen LogP contribution in [-0.4, -0.2) is 16.8 Å². The minimum atomic E-state index is -0.970. The Morgan fingerprint density at radius 3 is 2.94 bits per heavy atom. The molecule has 2 aromatic rings. The molecule has 1 heterocycles. The predicted molar refractivity (Wildman–Crippen MR) is 75.2 cm³/mol. The van der Waals surface area contributed by atoms with Gasteiger partial charge in [0.25, 0.3) is 0 Å². The van der Waals surface area contributed by atoms with Crippen LogP contribution in [0.3, 0.4) is 0 Å². The molecule has 2 nitrogen and oxygen atoms in total. The molecule has 5 heteroatoms.